The summed E-state index contributed by atoms with van der Waals surface area (Å²) in [6.45, 7) is 12.3. The summed E-state index contributed by atoms with van der Waals surface area (Å²) in [4.78, 5) is 11.3. The van der Waals surface area contributed by atoms with Crippen molar-refractivity contribution in [2.75, 3.05) is 0 Å². The molecule has 144 valence electrons. The Morgan fingerprint density at radius 3 is 2.59 bits per heavy atom. The molecule has 27 heavy (non-hydrogen) atoms. The van der Waals surface area contributed by atoms with E-state index in [4.69, 9.17) is 9.47 Å². The van der Waals surface area contributed by atoms with E-state index in [1.807, 2.05) is 26.0 Å². The molecule has 1 unspecified atom stereocenters. The van der Waals surface area contributed by atoms with Crippen molar-refractivity contribution >= 4 is 5.97 Å². The van der Waals surface area contributed by atoms with E-state index in [1.165, 1.54) is 11.1 Å². The molecule has 1 aliphatic rings. The van der Waals surface area contributed by atoms with Crippen LogP contribution in [-0.2, 0) is 17.8 Å². The van der Waals surface area contributed by atoms with Crippen molar-refractivity contribution in [2.45, 2.75) is 66.1 Å². The summed E-state index contributed by atoms with van der Waals surface area (Å²) in [7, 11) is 0. The van der Waals surface area contributed by atoms with E-state index >= 15 is 0 Å². The lowest BCUT2D eigenvalue weighted by molar-refractivity contribution is -0.138. The van der Waals surface area contributed by atoms with E-state index in [0.717, 1.165) is 40.2 Å². The number of hydrogen-bond acceptors (Lipinski definition) is 3. The van der Waals surface area contributed by atoms with Gasteiger partial charge in [0.2, 0.25) is 0 Å². The van der Waals surface area contributed by atoms with Crippen molar-refractivity contribution in [2.24, 2.45) is 0 Å². The summed E-state index contributed by atoms with van der Waals surface area (Å²) in [6, 6.07) is 8.03. The topological polar surface area (TPSA) is 55.8 Å². The van der Waals surface area contributed by atoms with Crippen LogP contribution >= 0.6 is 0 Å². The Balaban J connectivity index is 1.85. The van der Waals surface area contributed by atoms with E-state index in [0.29, 0.717) is 6.61 Å². The number of carboxylic acids is 1. The molecule has 1 atom stereocenters. The quantitative estimate of drug-likeness (QED) is 0.798. The zero-order chi connectivity index (χ0) is 19.9. The van der Waals surface area contributed by atoms with E-state index < -0.39 is 11.9 Å². The first-order chi connectivity index (χ1) is 12.6. The van der Waals surface area contributed by atoms with Crippen molar-refractivity contribution in [3.05, 3.63) is 57.6 Å². The van der Waals surface area contributed by atoms with Crippen LogP contribution in [0.15, 0.2) is 24.3 Å². The van der Waals surface area contributed by atoms with Gasteiger partial charge < -0.3 is 14.6 Å². The number of ether oxygens (including phenoxy) is 2. The standard InChI is InChI=1S/C23H28O4/c1-13-9-17-11-23(5,6)27-21(17)18(10-13)12-26-20-8-7-19(14(2)15(20)3)16(4)22(24)25/h7-10,16H,11-12H2,1-6H3,(H,24,25). The molecule has 0 radical (unpaired) electrons. The van der Waals surface area contributed by atoms with Gasteiger partial charge in [-0.2, -0.15) is 0 Å². The monoisotopic (exact) mass is 368 g/mol. The zero-order valence-corrected chi connectivity index (χ0v) is 17.0. The maximum atomic E-state index is 11.3. The fourth-order valence-corrected chi connectivity index (χ4v) is 3.80. The molecule has 3 rings (SSSR count). The fourth-order valence-electron chi connectivity index (χ4n) is 3.80. The molecule has 0 aliphatic carbocycles. The van der Waals surface area contributed by atoms with E-state index in [2.05, 4.69) is 32.9 Å². The number of rotatable bonds is 5. The molecular formula is C23H28O4. The molecule has 0 amide bonds. The largest absolute Gasteiger partial charge is 0.488 e. The minimum atomic E-state index is -0.818. The lowest BCUT2D eigenvalue weighted by Crippen LogP contribution is -2.25. The zero-order valence-electron chi connectivity index (χ0n) is 17.0. The Kier molecular flexibility index (Phi) is 4.94. The lowest BCUT2D eigenvalue weighted by atomic mass is 9.93. The number of fused-ring (bicyclic) bond motifs is 1. The van der Waals surface area contributed by atoms with E-state index in [9.17, 15) is 9.90 Å². The normalized spacial score (nSPS) is 15.8. The smallest absolute Gasteiger partial charge is 0.310 e. The summed E-state index contributed by atoms with van der Waals surface area (Å²) in [5.74, 6) is 0.368. The Bertz CT molecular complexity index is 896. The highest BCUT2D eigenvalue weighted by Gasteiger charge is 2.32. The van der Waals surface area contributed by atoms with Crippen molar-refractivity contribution in [1.82, 2.24) is 0 Å². The minimum Gasteiger partial charge on any atom is -0.488 e. The molecule has 1 N–H and O–H groups in total. The van der Waals surface area contributed by atoms with Crippen molar-refractivity contribution in [3.8, 4) is 11.5 Å². The molecular weight excluding hydrogens is 340 g/mol. The van der Waals surface area contributed by atoms with Crippen LogP contribution in [0.5, 0.6) is 11.5 Å². The van der Waals surface area contributed by atoms with Crippen LogP contribution < -0.4 is 9.47 Å². The van der Waals surface area contributed by atoms with Gasteiger partial charge in [0.25, 0.3) is 0 Å². The number of aliphatic carboxylic acids is 1. The predicted molar refractivity (Wildman–Crippen MR) is 106 cm³/mol. The second-order valence-electron chi connectivity index (χ2n) is 8.20. The third-order valence-electron chi connectivity index (χ3n) is 5.38. The number of aryl methyl sites for hydroxylation is 1. The number of benzene rings is 2. The molecule has 0 saturated carbocycles. The van der Waals surface area contributed by atoms with Gasteiger partial charge in [-0.25, -0.2) is 0 Å². The Morgan fingerprint density at radius 2 is 1.93 bits per heavy atom. The van der Waals surface area contributed by atoms with Gasteiger partial charge in [-0.05, 0) is 75.9 Å². The third-order valence-corrected chi connectivity index (χ3v) is 5.38. The SMILES string of the molecule is Cc1cc(COc2ccc(C(C)C(=O)O)c(C)c2C)c2c(c1)CC(C)(C)O2. The Morgan fingerprint density at radius 1 is 1.22 bits per heavy atom. The van der Waals surface area contributed by atoms with Gasteiger partial charge in [0, 0.05) is 12.0 Å². The average molecular weight is 368 g/mol. The van der Waals surface area contributed by atoms with Gasteiger partial charge in [-0.3, -0.25) is 4.79 Å². The van der Waals surface area contributed by atoms with E-state index in [-0.39, 0.29) is 5.60 Å². The first kappa shape index (κ1) is 19.3. The number of carboxylic acid groups (broad SMARTS) is 1. The molecule has 4 nitrogen and oxygen atoms in total. The van der Waals surface area contributed by atoms with Crippen LogP contribution in [0.1, 0.15) is 60.1 Å². The van der Waals surface area contributed by atoms with Gasteiger partial charge in [-0.1, -0.05) is 17.7 Å². The molecule has 1 aliphatic heterocycles. The molecule has 0 fully saturated rings. The minimum absolute atomic E-state index is 0.188. The maximum Gasteiger partial charge on any atom is 0.310 e. The first-order valence-electron chi connectivity index (χ1n) is 9.36. The van der Waals surface area contributed by atoms with Crippen LogP contribution in [-0.4, -0.2) is 16.7 Å². The van der Waals surface area contributed by atoms with Crippen molar-refractivity contribution < 1.29 is 19.4 Å². The summed E-state index contributed by atoms with van der Waals surface area (Å²) in [6.07, 6.45) is 0.900. The molecule has 2 aromatic rings. The van der Waals surface area contributed by atoms with Gasteiger partial charge in [0.1, 0.15) is 23.7 Å². The van der Waals surface area contributed by atoms with Crippen molar-refractivity contribution in [1.29, 1.82) is 0 Å². The average Bonchev–Trinajstić information content (AvgIpc) is 2.89. The summed E-state index contributed by atoms with van der Waals surface area (Å²) >= 11 is 0. The summed E-state index contributed by atoms with van der Waals surface area (Å²) in [5, 5.41) is 9.28. The molecule has 4 heteroatoms. The molecule has 0 saturated heterocycles. The van der Waals surface area contributed by atoms with Crippen LogP contribution in [0.4, 0.5) is 0 Å². The van der Waals surface area contributed by atoms with Crippen molar-refractivity contribution in [3.63, 3.8) is 0 Å². The van der Waals surface area contributed by atoms with Crippen LogP contribution in [0.25, 0.3) is 0 Å². The van der Waals surface area contributed by atoms with Gasteiger partial charge in [-0.15, -0.1) is 0 Å². The summed E-state index contributed by atoms with van der Waals surface area (Å²) in [5.41, 5.74) is 6.07. The molecule has 0 bridgehead atoms. The van der Waals surface area contributed by atoms with Gasteiger partial charge in [0.05, 0.1) is 5.92 Å². The highest BCUT2D eigenvalue weighted by Crippen LogP contribution is 2.39. The second kappa shape index (κ2) is 6.91. The third kappa shape index (κ3) is 3.80. The number of carbonyl (C=O) groups is 1. The molecule has 2 aromatic carbocycles. The van der Waals surface area contributed by atoms with Crippen LogP contribution in [0, 0.1) is 20.8 Å². The fraction of sp³-hybridized carbons (Fsp3) is 0.435. The van der Waals surface area contributed by atoms with E-state index in [1.54, 1.807) is 6.92 Å². The highest BCUT2D eigenvalue weighted by molar-refractivity contribution is 5.76. The molecule has 0 spiro atoms. The lowest BCUT2D eigenvalue weighted by Gasteiger charge is -2.19. The summed E-state index contributed by atoms with van der Waals surface area (Å²) < 4.78 is 12.3. The predicted octanol–water partition coefficient (Wildman–Crippen LogP) is 5.09. The number of hydrogen-bond donors (Lipinski definition) is 1. The Labute approximate surface area is 161 Å². The highest BCUT2D eigenvalue weighted by atomic mass is 16.5. The molecule has 1 heterocycles. The van der Waals surface area contributed by atoms with Gasteiger partial charge in [0.15, 0.2) is 0 Å². The first-order valence-corrected chi connectivity index (χ1v) is 9.36. The maximum absolute atomic E-state index is 11.3. The molecule has 0 aromatic heterocycles. The van der Waals surface area contributed by atoms with Crippen LogP contribution in [0.2, 0.25) is 0 Å². The van der Waals surface area contributed by atoms with Crippen LogP contribution in [0.3, 0.4) is 0 Å². The van der Waals surface area contributed by atoms with Gasteiger partial charge >= 0.3 is 5.97 Å². The Hall–Kier alpha value is -2.49. The second-order valence-corrected chi connectivity index (χ2v) is 8.20.